The Hall–Kier alpha value is -3.62. The van der Waals surface area contributed by atoms with Gasteiger partial charge in [0.1, 0.15) is 24.1 Å². The highest BCUT2D eigenvalue weighted by Gasteiger charge is 2.64. The first-order valence-electron chi connectivity index (χ1n) is 13.0. The average Bonchev–Trinajstić information content (AvgIpc) is 3.22. The van der Waals surface area contributed by atoms with Gasteiger partial charge < -0.3 is 10.2 Å². The number of Topliss-reactive ketones (excluding diaryl/α,β-unsaturated/α-hetero) is 1. The number of piperidine rings is 1. The van der Waals surface area contributed by atoms with Crippen molar-refractivity contribution in [2.24, 2.45) is 11.3 Å². The van der Waals surface area contributed by atoms with Crippen molar-refractivity contribution in [3.05, 3.63) is 42.1 Å². The van der Waals surface area contributed by atoms with E-state index in [9.17, 15) is 14.4 Å². The Morgan fingerprint density at radius 1 is 1.14 bits per heavy atom. The molecule has 3 atom stereocenters. The Labute approximate surface area is 216 Å². The molecule has 2 fully saturated rings. The van der Waals surface area contributed by atoms with Crippen LogP contribution in [0.25, 0.3) is 22.0 Å². The molecular formula is C28H34N6O3. The van der Waals surface area contributed by atoms with Crippen molar-refractivity contribution in [3.63, 3.8) is 0 Å². The molecule has 3 heterocycles. The summed E-state index contributed by atoms with van der Waals surface area (Å²) in [5.74, 6) is 0.774. The Balaban J connectivity index is 1.41. The number of amides is 2. The summed E-state index contributed by atoms with van der Waals surface area (Å²) in [4.78, 5) is 49.4. The van der Waals surface area contributed by atoms with Crippen LogP contribution >= 0.6 is 0 Å². The highest BCUT2D eigenvalue weighted by Crippen LogP contribution is 2.59. The molecule has 9 heteroatoms. The third kappa shape index (κ3) is 4.74. The molecule has 2 aromatic heterocycles. The monoisotopic (exact) mass is 502 g/mol. The number of hydrogen-bond donors (Lipinski definition) is 1. The van der Waals surface area contributed by atoms with Crippen LogP contribution < -0.4 is 5.32 Å². The summed E-state index contributed by atoms with van der Waals surface area (Å²) in [5, 5.41) is 8.24. The lowest BCUT2D eigenvalue weighted by Crippen LogP contribution is -2.49. The third-order valence-corrected chi connectivity index (χ3v) is 7.73. The van der Waals surface area contributed by atoms with Crippen molar-refractivity contribution in [1.82, 2.24) is 30.0 Å². The number of likely N-dealkylation sites (tertiary alicyclic amines) is 1. The summed E-state index contributed by atoms with van der Waals surface area (Å²) < 4.78 is 1.59. The van der Waals surface area contributed by atoms with E-state index in [1.54, 1.807) is 22.0 Å². The SMILES string of the molecule is CC(=O)c1nn(CC(=O)N2C3C[C@]3(C)C[C@H]2C(=O)NCCC(C)C)c2ccc(-c3cnc(C)nc3)cc12. The van der Waals surface area contributed by atoms with Crippen LogP contribution in [-0.2, 0) is 16.1 Å². The predicted molar refractivity (Wildman–Crippen MR) is 140 cm³/mol. The highest BCUT2D eigenvalue weighted by atomic mass is 16.2. The van der Waals surface area contributed by atoms with E-state index in [4.69, 9.17) is 0 Å². The number of rotatable bonds is 8. The normalized spacial score (nSPS) is 22.4. The Kier molecular flexibility index (Phi) is 6.33. The van der Waals surface area contributed by atoms with Gasteiger partial charge >= 0.3 is 0 Å². The molecule has 2 aliphatic rings. The molecule has 194 valence electrons. The van der Waals surface area contributed by atoms with E-state index >= 15 is 0 Å². The fourth-order valence-electron chi connectivity index (χ4n) is 5.45. The number of fused-ring (bicyclic) bond motifs is 2. The first-order valence-corrected chi connectivity index (χ1v) is 13.0. The van der Waals surface area contributed by atoms with Crippen molar-refractivity contribution in [2.75, 3.05) is 6.54 Å². The zero-order valence-corrected chi connectivity index (χ0v) is 22.1. The molecule has 1 saturated heterocycles. The summed E-state index contributed by atoms with van der Waals surface area (Å²) in [7, 11) is 0. The lowest BCUT2D eigenvalue weighted by atomic mass is 10.0. The maximum absolute atomic E-state index is 13.6. The molecule has 9 nitrogen and oxygen atoms in total. The first-order chi connectivity index (χ1) is 17.6. The van der Waals surface area contributed by atoms with Crippen LogP contribution in [0.1, 0.15) is 63.3 Å². The van der Waals surface area contributed by atoms with Gasteiger partial charge in [-0.1, -0.05) is 26.8 Å². The van der Waals surface area contributed by atoms with Gasteiger partial charge in [0.05, 0.1) is 5.52 Å². The Morgan fingerprint density at radius 3 is 2.54 bits per heavy atom. The van der Waals surface area contributed by atoms with Crippen LogP contribution in [-0.4, -0.2) is 60.9 Å². The molecule has 1 aromatic carbocycles. The summed E-state index contributed by atoms with van der Waals surface area (Å²) in [5.41, 5.74) is 2.72. The Bertz CT molecular complexity index is 1380. The Morgan fingerprint density at radius 2 is 1.86 bits per heavy atom. The molecule has 3 aromatic rings. The average molecular weight is 503 g/mol. The van der Waals surface area contributed by atoms with E-state index in [1.165, 1.54) is 6.92 Å². The van der Waals surface area contributed by atoms with Crippen LogP contribution in [0.2, 0.25) is 0 Å². The van der Waals surface area contributed by atoms with Crippen molar-refractivity contribution < 1.29 is 14.4 Å². The quantitative estimate of drug-likeness (QED) is 0.472. The minimum atomic E-state index is -0.467. The van der Waals surface area contributed by atoms with Crippen molar-refractivity contribution in [1.29, 1.82) is 0 Å². The number of aromatic nitrogens is 4. The van der Waals surface area contributed by atoms with Crippen LogP contribution in [0.4, 0.5) is 0 Å². The molecular weight excluding hydrogens is 468 g/mol. The summed E-state index contributed by atoms with van der Waals surface area (Å²) >= 11 is 0. The zero-order chi connectivity index (χ0) is 26.5. The lowest BCUT2D eigenvalue weighted by Gasteiger charge is -2.27. The van der Waals surface area contributed by atoms with Gasteiger partial charge in [0.2, 0.25) is 11.8 Å². The number of carbonyl (C=O) groups is 3. The number of carbonyl (C=O) groups excluding carboxylic acids is 3. The lowest BCUT2D eigenvalue weighted by molar-refractivity contribution is -0.140. The number of hydrogen-bond acceptors (Lipinski definition) is 6. The van der Waals surface area contributed by atoms with Gasteiger partial charge in [-0.3, -0.25) is 19.1 Å². The number of aryl methyl sites for hydroxylation is 1. The maximum Gasteiger partial charge on any atom is 0.245 e. The fourth-order valence-corrected chi connectivity index (χ4v) is 5.45. The van der Waals surface area contributed by atoms with Crippen molar-refractivity contribution in [3.8, 4) is 11.1 Å². The van der Waals surface area contributed by atoms with Gasteiger partial charge in [0.15, 0.2) is 5.78 Å². The summed E-state index contributed by atoms with van der Waals surface area (Å²) in [6, 6.07) is 5.29. The molecule has 37 heavy (non-hydrogen) atoms. The topological polar surface area (TPSA) is 110 Å². The van der Waals surface area contributed by atoms with E-state index in [1.807, 2.05) is 25.1 Å². The molecule has 0 radical (unpaired) electrons. The molecule has 0 bridgehead atoms. The van der Waals surface area contributed by atoms with E-state index in [0.717, 1.165) is 24.0 Å². The van der Waals surface area contributed by atoms with Crippen molar-refractivity contribution in [2.45, 2.75) is 72.5 Å². The number of nitrogens with one attached hydrogen (secondary N) is 1. The van der Waals surface area contributed by atoms with E-state index < -0.39 is 6.04 Å². The van der Waals surface area contributed by atoms with E-state index in [0.29, 0.717) is 41.3 Å². The van der Waals surface area contributed by atoms with Crippen LogP contribution in [0.15, 0.2) is 30.6 Å². The maximum atomic E-state index is 13.6. The first kappa shape index (κ1) is 25.0. The van der Waals surface area contributed by atoms with Crippen LogP contribution in [0.3, 0.4) is 0 Å². The molecule has 1 aliphatic heterocycles. The minimum Gasteiger partial charge on any atom is -0.354 e. The number of benzene rings is 1. The standard InChI is InChI=1S/C28H34N6O3/c1-16(2)8-9-29-27(37)23-11-28(5)12-24(28)34(23)25(36)15-33-22-7-6-19(20-13-30-18(4)31-14-20)10-21(22)26(32-33)17(3)35/h6-7,10,13-14,16,23-24H,8-9,11-12,15H2,1-5H3,(H,29,37)/t23-,24?,28-/m0/s1. The predicted octanol–water partition coefficient (Wildman–Crippen LogP) is 3.55. The molecule has 1 N–H and O–H groups in total. The van der Waals surface area contributed by atoms with Crippen LogP contribution in [0.5, 0.6) is 0 Å². The van der Waals surface area contributed by atoms with Gasteiger partial charge in [0, 0.05) is 42.9 Å². The second-order valence-corrected chi connectivity index (χ2v) is 11.2. The van der Waals surface area contributed by atoms with Gasteiger partial charge in [-0.05, 0) is 55.2 Å². The molecule has 5 rings (SSSR count). The molecule has 0 spiro atoms. The molecule has 2 amide bonds. The fraction of sp³-hybridized carbons (Fsp3) is 0.500. The van der Waals surface area contributed by atoms with E-state index in [-0.39, 0.29) is 35.6 Å². The number of ketones is 1. The van der Waals surface area contributed by atoms with E-state index in [2.05, 4.69) is 41.2 Å². The third-order valence-electron chi connectivity index (χ3n) is 7.73. The zero-order valence-electron chi connectivity index (χ0n) is 22.1. The van der Waals surface area contributed by atoms with Crippen LogP contribution in [0, 0.1) is 18.3 Å². The van der Waals surface area contributed by atoms with Gasteiger partial charge in [-0.25, -0.2) is 9.97 Å². The smallest absolute Gasteiger partial charge is 0.245 e. The minimum absolute atomic E-state index is 0.00253. The largest absolute Gasteiger partial charge is 0.354 e. The van der Waals surface area contributed by atoms with Gasteiger partial charge in [0.25, 0.3) is 0 Å². The second-order valence-electron chi connectivity index (χ2n) is 11.2. The molecule has 1 saturated carbocycles. The number of nitrogens with zero attached hydrogens (tertiary/aromatic N) is 5. The highest BCUT2D eigenvalue weighted by molar-refractivity contribution is 6.06. The van der Waals surface area contributed by atoms with Crippen molar-refractivity contribution >= 4 is 28.5 Å². The van der Waals surface area contributed by atoms with Gasteiger partial charge in [-0.15, -0.1) is 0 Å². The second kappa shape index (κ2) is 9.36. The van der Waals surface area contributed by atoms with Gasteiger partial charge in [-0.2, -0.15) is 5.10 Å². The molecule has 1 aliphatic carbocycles. The summed E-state index contributed by atoms with van der Waals surface area (Å²) in [6.07, 6.45) is 5.98. The summed E-state index contributed by atoms with van der Waals surface area (Å²) in [6.45, 7) is 10.3. The molecule has 1 unspecified atom stereocenters.